The second kappa shape index (κ2) is 8.33. The van der Waals surface area contributed by atoms with Gasteiger partial charge in [0.2, 0.25) is 11.8 Å². The zero-order valence-electron chi connectivity index (χ0n) is 16.3. The third kappa shape index (κ3) is 3.96. The quantitative estimate of drug-likeness (QED) is 0.437. The highest BCUT2D eigenvalue weighted by molar-refractivity contribution is 7.95. The Morgan fingerprint density at radius 2 is 1.93 bits per heavy atom. The highest BCUT2D eigenvalue weighted by atomic mass is 32.2. The number of carbonyl (C=O) groups excluding carboxylic acids is 3. The van der Waals surface area contributed by atoms with Gasteiger partial charge in [-0.25, -0.2) is 4.79 Å². The lowest BCUT2D eigenvalue weighted by molar-refractivity contribution is -0.150. The zero-order valence-corrected chi connectivity index (χ0v) is 17.1. The van der Waals surface area contributed by atoms with Gasteiger partial charge < -0.3 is 14.6 Å². The number of benzene rings is 2. The van der Waals surface area contributed by atoms with Gasteiger partial charge in [-0.2, -0.15) is 0 Å². The maximum atomic E-state index is 13.3. The Labute approximate surface area is 176 Å². The zero-order chi connectivity index (χ0) is 21.3. The van der Waals surface area contributed by atoms with Gasteiger partial charge in [0, 0.05) is 42.7 Å². The number of rotatable bonds is 6. The first-order valence-corrected chi connectivity index (χ1v) is 10.6. The lowest BCUT2D eigenvalue weighted by Crippen LogP contribution is -2.49. The molecule has 0 aromatic heterocycles. The largest absolute Gasteiger partial charge is 0.607 e. The fourth-order valence-electron chi connectivity index (χ4n) is 3.60. The van der Waals surface area contributed by atoms with Gasteiger partial charge in [0.25, 0.3) is 0 Å². The van der Waals surface area contributed by atoms with Crippen LogP contribution in [0.25, 0.3) is 0 Å². The highest BCUT2D eigenvalue weighted by Gasteiger charge is 2.52. The van der Waals surface area contributed by atoms with E-state index in [9.17, 15) is 18.9 Å². The van der Waals surface area contributed by atoms with Crippen molar-refractivity contribution in [3.63, 3.8) is 0 Å². The van der Waals surface area contributed by atoms with Gasteiger partial charge in [0.1, 0.15) is 6.61 Å². The first kappa shape index (κ1) is 20.2. The summed E-state index contributed by atoms with van der Waals surface area (Å²) in [7, 11) is 0. The third-order valence-electron chi connectivity index (χ3n) is 4.97. The maximum Gasteiger partial charge on any atom is 0.360 e. The van der Waals surface area contributed by atoms with Crippen LogP contribution in [0, 0.1) is 0 Å². The Morgan fingerprint density at radius 3 is 2.63 bits per heavy atom. The Hall–Kier alpha value is -3.10. The molecular weight excluding hydrogens is 404 g/mol. The summed E-state index contributed by atoms with van der Waals surface area (Å²) in [6.07, 6.45) is 0.681. The molecule has 2 aromatic carbocycles. The van der Waals surface area contributed by atoms with Crippen molar-refractivity contribution in [1.29, 1.82) is 0 Å². The first-order valence-electron chi connectivity index (χ1n) is 9.49. The monoisotopic (exact) mass is 424 g/mol. The van der Waals surface area contributed by atoms with Crippen molar-refractivity contribution in [1.82, 2.24) is 4.90 Å². The SMILES string of the molecule is CC(=O)Nc1cccc([S+]([O-])C2=C(C(=O)OCc3ccccc3)N3C(=O)CC3C2)c1. The van der Waals surface area contributed by atoms with Gasteiger partial charge >= 0.3 is 5.97 Å². The molecule has 8 heteroatoms. The summed E-state index contributed by atoms with van der Waals surface area (Å²) in [6.45, 7) is 1.45. The molecule has 1 N–H and O–H groups in total. The average Bonchev–Trinajstić information content (AvgIpc) is 3.04. The van der Waals surface area contributed by atoms with Crippen LogP contribution >= 0.6 is 0 Å². The van der Waals surface area contributed by atoms with Crippen molar-refractivity contribution in [3.8, 4) is 0 Å². The second-order valence-electron chi connectivity index (χ2n) is 7.14. The predicted octanol–water partition coefficient (Wildman–Crippen LogP) is 2.71. The molecule has 30 heavy (non-hydrogen) atoms. The summed E-state index contributed by atoms with van der Waals surface area (Å²) in [5.41, 5.74) is 1.41. The topological polar surface area (TPSA) is 98.8 Å². The molecule has 2 heterocycles. The van der Waals surface area contributed by atoms with Crippen LogP contribution in [-0.4, -0.2) is 33.3 Å². The molecule has 2 atom stereocenters. The lowest BCUT2D eigenvalue weighted by atomic mass is 10.0. The standard InChI is InChI=1S/C22H20N2O5S/c1-14(25)23-16-8-5-9-18(10-16)30(28)19-11-17-12-20(26)24(17)21(19)22(27)29-13-15-6-3-2-4-7-15/h2-10,17H,11-13H2,1H3,(H,23,25). The van der Waals surface area contributed by atoms with Crippen molar-refractivity contribution in [3.05, 3.63) is 70.8 Å². The minimum Gasteiger partial charge on any atom is -0.607 e. The van der Waals surface area contributed by atoms with Gasteiger partial charge in [-0.1, -0.05) is 36.4 Å². The first-order chi connectivity index (χ1) is 14.4. The number of hydrogen-bond acceptors (Lipinski definition) is 5. The molecule has 0 radical (unpaired) electrons. The number of amides is 2. The van der Waals surface area contributed by atoms with Crippen LogP contribution in [0.2, 0.25) is 0 Å². The van der Waals surface area contributed by atoms with E-state index < -0.39 is 17.1 Å². The third-order valence-corrected chi connectivity index (χ3v) is 6.46. The fourth-order valence-corrected chi connectivity index (χ4v) is 5.02. The summed E-state index contributed by atoms with van der Waals surface area (Å²) >= 11 is -1.67. The Morgan fingerprint density at radius 1 is 1.17 bits per heavy atom. The van der Waals surface area contributed by atoms with Crippen LogP contribution < -0.4 is 5.32 Å². The van der Waals surface area contributed by atoms with Crippen molar-refractivity contribution in [2.45, 2.75) is 37.3 Å². The summed E-state index contributed by atoms with van der Waals surface area (Å²) in [5, 5.41) is 2.65. The number of β-lactam (4-membered cyclic amide) rings is 1. The van der Waals surface area contributed by atoms with Crippen molar-refractivity contribution < 1.29 is 23.7 Å². The molecule has 1 fully saturated rings. The van der Waals surface area contributed by atoms with E-state index in [1.54, 1.807) is 24.3 Å². The van der Waals surface area contributed by atoms with E-state index in [1.807, 2.05) is 30.3 Å². The number of nitrogens with zero attached hydrogens (tertiary/aromatic N) is 1. The fraction of sp³-hybridized carbons (Fsp3) is 0.227. The van der Waals surface area contributed by atoms with E-state index in [2.05, 4.69) is 5.32 Å². The van der Waals surface area contributed by atoms with Gasteiger partial charge in [-0.3, -0.25) is 14.5 Å². The minimum absolute atomic E-state index is 0.0633. The smallest absolute Gasteiger partial charge is 0.360 e. The number of anilines is 1. The molecule has 0 spiro atoms. The summed E-state index contributed by atoms with van der Waals surface area (Å²) < 4.78 is 18.7. The van der Waals surface area contributed by atoms with Crippen LogP contribution in [-0.2, 0) is 36.9 Å². The molecule has 0 aliphatic carbocycles. The van der Waals surface area contributed by atoms with Crippen molar-refractivity contribution >= 4 is 34.6 Å². The highest BCUT2D eigenvalue weighted by Crippen LogP contribution is 2.43. The summed E-state index contributed by atoms with van der Waals surface area (Å²) in [4.78, 5) is 38.5. The molecule has 7 nitrogen and oxygen atoms in total. The summed E-state index contributed by atoms with van der Waals surface area (Å²) in [5.74, 6) is -1.07. The summed E-state index contributed by atoms with van der Waals surface area (Å²) in [6, 6.07) is 15.7. The van der Waals surface area contributed by atoms with E-state index in [0.29, 0.717) is 28.3 Å². The molecule has 2 unspecified atom stereocenters. The molecule has 2 aliphatic rings. The van der Waals surface area contributed by atoms with Gasteiger partial charge in [-0.15, -0.1) is 0 Å². The Balaban J connectivity index is 1.60. The Bertz CT molecular complexity index is 1040. The van der Waals surface area contributed by atoms with Gasteiger partial charge in [0.05, 0.1) is 6.04 Å². The van der Waals surface area contributed by atoms with Crippen molar-refractivity contribution in [2.75, 3.05) is 5.32 Å². The molecule has 0 saturated carbocycles. The van der Waals surface area contributed by atoms with Gasteiger partial charge in [0.15, 0.2) is 15.5 Å². The molecule has 2 aliphatic heterocycles. The molecular formula is C22H20N2O5S. The number of hydrogen-bond donors (Lipinski definition) is 1. The maximum absolute atomic E-state index is 13.3. The number of carbonyl (C=O) groups is 3. The van der Waals surface area contributed by atoms with E-state index >= 15 is 0 Å². The predicted molar refractivity (Wildman–Crippen MR) is 110 cm³/mol. The van der Waals surface area contributed by atoms with Crippen LogP contribution in [0.5, 0.6) is 0 Å². The Kier molecular flexibility index (Phi) is 5.61. The molecule has 154 valence electrons. The van der Waals surface area contributed by atoms with E-state index in [-0.39, 0.29) is 30.2 Å². The second-order valence-corrected chi connectivity index (χ2v) is 8.64. The number of ether oxygens (including phenoxy) is 1. The van der Waals surface area contributed by atoms with Gasteiger partial charge in [-0.05, 0) is 17.7 Å². The van der Waals surface area contributed by atoms with Crippen LogP contribution in [0.15, 0.2) is 70.1 Å². The number of esters is 1. The number of fused-ring (bicyclic) bond motifs is 1. The lowest BCUT2D eigenvalue weighted by Gasteiger charge is -2.34. The van der Waals surface area contributed by atoms with Crippen LogP contribution in [0.1, 0.15) is 25.3 Å². The van der Waals surface area contributed by atoms with E-state index in [0.717, 1.165) is 5.56 Å². The van der Waals surface area contributed by atoms with Crippen LogP contribution in [0.3, 0.4) is 0 Å². The molecule has 0 bridgehead atoms. The molecule has 2 aromatic rings. The minimum atomic E-state index is -1.67. The average molecular weight is 424 g/mol. The molecule has 2 amide bonds. The van der Waals surface area contributed by atoms with E-state index in [1.165, 1.54) is 11.8 Å². The van der Waals surface area contributed by atoms with Crippen molar-refractivity contribution in [2.24, 2.45) is 0 Å². The van der Waals surface area contributed by atoms with Crippen LogP contribution in [0.4, 0.5) is 5.69 Å². The molecule has 4 rings (SSSR count). The normalized spacial score (nSPS) is 18.5. The molecule has 1 saturated heterocycles. The number of nitrogens with one attached hydrogen (secondary N) is 1. The van der Waals surface area contributed by atoms with E-state index in [4.69, 9.17) is 4.74 Å².